The van der Waals surface area contributed by atoms with E-state index in [0.29, 0.717) is 0 Å². The van der Waals surface area contributed by atoms with Gasteiger partial charge in [-0.1, -0.05) is 6.07 Å². The Balaban J connectivity index is 2.08. The number of anilines is 1. The number of fused-ring (bicyclic) bond motifs is 1. The molecule has 0 saturated carbocycles. The highest BCUT2D eigenvalue weighted by Gasteiger charge is 2.13. The molecular formula is C12H14ClN3. The summed E-state index contributed by atoms with van der Waals surface area (Å²) in [6.07, 6.45) is 1.90. The molecule has 0 spiro atoms. The standard InChI is InChI=1S/C12H14ClN3/c13-16-7-4-10-11(2-1-3-12(10)16)15-8-5-14-6-9-15/h1-4,7,14H,5-6,8-9H2. The van der Waals surface area contributed by atoms with Gasteiger partial charge in [0.1, 0.15) is 0 Å². The molecular weight excluding hydrogens is 222 g/mol. The molecule has 1 aromatic carbocycles. The molecule has 3 nitrogen and oxygen atoms in total. The van der Waals surface area contributed by atoms with E-state index in [1.165, 1.54) is 11.1 Å². The Kier molecular flexibility index (Phi) is 2.50. The summed E-state index contributed by atoms with van der Waals surface area (Å²) in [5.41, 5.74) is 2.37. The minimum Gasteiger partial charge on any atom is -0.368 e. The maximum atomic E-state index is 6.07. The summed E-state index contributed by atoms with van der Waals surface area (Å²) in [4.78, 5) is 2.41. The van der Waals surface area contributed by atoms with Crippen LogP contribution < -0.4 is 10.2 Å². The van der Waals surface area contributed by atoms with E-state index in [0.717, 1.165) is 31.7 Å². The predicted molar refractivity (Wildman–Crippen MR) is 68.3 cm³/mol. The summed E-state index contributed by atoms with van der Waals surface area (Å²) in [5.74, 6) is 0. The van der Waals surface area contributed by atoms with Gasteiger partial charge in [-0.25, -0.2) is 0 Å². The molecule has 4 heteroatoms. The molecule has 1 aliphatic heterocycles. The van der Waals surface area contributed by atoms with Gasteiger partial charge in [0.15, 0.2) is 0 Å². The fourth-order valence-corrected chi connectivity index (χ4v) is 2.50. The van der Waals surface area contributed by atoms with Crippen molar-refractivity contribution >= 4 is 28.4 Å². The Morgan fingerprint density at radius 2 is 1.94 bits per heavy atom. The molecule has 84 valence electrons. The van der Waals surface area contributed by atoms with Crippen molar-refractivity contribution in [1.82, 2.24) is 9.40 Å². The number of piperazine rings is 1. The van der Waals surface area contributed by atoms with Crippen LogP contribution >= 0.6 is 11.8 Å². The lowest BCUT2D eigenvalue weighted by molar-refractivity contribution is 0.590. The van der Waals surface area contributed by atoms with Gasteiger partial charge in [0.2, 0.25) is 0 Å². The van der Waals surface area contributed by atoms with E-state index in [4.69, 9.17) is 11.8 Å². The number of nitrogens with one attached hydrogen (secondary N) is 1. The third-order valence-electron chi connectivity index (χ3n) is 3.12. The first-order chi connectivity index (χ1) is 7.86. The highest BCUT2D eigenvalue weighted by atomic mass is 35.5. The predicted octanol–water partition coefficient (Wildman–Crippen LogP) is 2.05. The smallest absolute Gasteiger partial charge is 0.0668 e. The van der Waals surface area contributed by atoms with Crippen LogP contribution in [0.15, 0.2) is 30.5 Å². The van der Waals surface area contributed by atoms with Crippen LogP contribution in [0, 0.1) is 0 Å². The van der Waals surface area contributed by atoms with E-state index in [9.17, 15) is 0 Å². The van der Waals surface area contributed by atoms with Gasteiger partial charge < -0.3 is 10.2 Å². The molecule has 1 saturated heterocycles. The van der Waals surface area contributed by atoms with Gasteiger partial charge in [-0.2, -0.15) is 0 Å². The molecule has 1 aromatic heterocycles. The molecule has 0 atom stereocenters. The Labute approximate surface area is 99.7 Å². The van der Waals surface area contributed by atoms with Crippen molar-refractivity contribution in [3.63, 3.8) is 0 Å². The van der Waals surface area contributed by atoms with E-state index in [1.54, 1.807) is 4.09 Å². The lowest BCUT2D eigenvalue weighted by Gasteiger charge is -2.30. The normalized spacial score (nSPS) is 16.9. The number of aromatic nitrogens is 1. The molecule has 2 heterocycles. The summed E-state index contributed by atoms with van der Waals surface area (Å²) in [6, 6.07) is 8.37. The van der Waals surface area contributed by atoms with Crippen molar-refractivity contribution in [2.45, 2.75) is 0 Å². The summed E-state index contributed by atoms with van der Waals surface area (Å²) < 4.78 is 1.65. The van der Waals surface area contributed by atoms with Gasteiger partial charge in [0, 0.05) is 55.2 Å². The first kappa shape index (κ1) is 10.00. The molecule has 0 aliphatic carbocycles. The van der Waals surface area contributed by atoms with Crippen molar-refractivity contribution in [1.29, 1.82) is 0 Å². The lowest BCUT2D eigenvalue weighted by atomic mass is 10.2. The van der Waals surface area contributed by atoms with Gasteiger partial charge in [0.05, 0.1) is 5.52 Å². The van der Waals surface area contributed by atoms with Crippen LogP contribution in [0.3, 0.4) is 0 Å². The minimum atomic E-state index is 1.05. The minimum absolute atomic E-state index is 1.05. The third-order valence-corrected chi connectivity index (χ3v) is 3.41. The van der Waals surface area contributed by atoms with Crippen molar-refractivity contribution in [3.05, 3.63) is 30.5 Å². The van der Waals surface area contributed by atoms with Gasteiger partial charge in [0.25, 0.3) is 0 Å². The highest BCUT2D eigenvalue weighted by molar-refractivity contribution is 6.19. The van der Waals surface area contributed by atoms with Crippen molar-refractivity contribution in [2.24, 2.45) is 0 Å². The highest BCUT2D eigenvalue weighted by Crippen LogP contribution is 2.28. The monoisotopic (exact) mass is 235 g/mol. The molecule has 0 unspecified atom stereocenters. The summed E-state index contributed by atoms with van der Waals surface area (Å²) >= 11 is 6.07. The first-order valence-corrected chi connectivity index (χ1v) is 5.92. The van der Waals surface area contributed by atoms with Gasteiger partial charge in [-0.3, -0.25) is 4.09 Å². The van der Waals surface area contributed by atoms with Crippen molar-refractivity contribution in [3.8, 4) is 0 Å². The van der Waals surface area contributed by atoms with Crippen LogP contribution in [0.1, 0.15) is 0 Å². The molecule has 0 amide bonds. The molecule has 16 heavy (non-hydrogen) atoms. The number of hydrogen-bond donors (Lipinski definition) is 1. The molecule has 1 N–H and O–H groups in total. The maximum absolute atomic E-state index is 6.07. The van der Waals surface area contributed by atoms with Crippen LogP contribution in [-0.4, -0.2) is 30.3 Å². The summed E-state index contributed by atoms with van der Waals surface area (Å²) in [7, 11) is 0. The third kappa shape index (κ3) is 1.56. The van der Waals surface area contributed by atoms with Crippen LogP contribution in [0.5, 0.6) is 0 Å². The van der Waals surface area contributed by atoms with Gasteiger partial charge in [-0.05, 0) is 18.2 Å². The second-order valence-corrected chi connectivity index (χ2v) is 4.44. The van der Waals surface area contributed by atoms with Crippen LogP contribution in [0.25, 0.3) is 10.9 Å². The number of rotatable bonds is 1. The van der Waals surface area contributed by atoms with Crippen molar-refractivity contribution < 1.29 is 0 Å². The molecule has 2 aromatic rings. The van der Waals surface area contributed by atoms with E-state index < -0.39 is 0 Å². The number of benzene rings is 1. The quantitative estimate of drug-likeness (QED) is 0.817. The molecule has 0 bridgehead atoms. The summed E-state index contributed by atoms with van der Waals surface area (Å²) in [6.45, 7) is 4.23. The second kappa shape index (κ2) is 4.00. The Bertz CT molecular complexity index is 500. The largest absolute Gasteiger partial charge is 0.368 e. The molecule has 1 aliphatic rings. The fraction of sp³-hybridized carbons (Fsp3) is 0.333. The van der Waals surface area contributed by atoms with E-state index >= 15 is 0 Å². The zero-order valence-electron chi connectivity index (χ0n) is 8.99. The lowest BCUT2D eigenvalue weighted by Crippen LogP contribution is -2.43. The first-order valence-electron chi connectivity index (χ1n) is 5.58. The number of hydrogen-bond acceptors (Lipinski definition) is 2. The Morgan fingerprint density at radius 1 is 1.12 bits per heavy atom. The Morgan fingerprint density at radius 3 is 2.75 bits per heavy atom. The van der Waals surface area contributed by atoms with Gasteiger partial charge >= 0.3 is 0 Å². The molecule has 3 rings (SSSR count). The zero-order valence-corrected chi connectivity index (χ0v) is 9.74. The summed E-state index contributed by atoms with van der Waals surface area (Å²) in [5, 5.41) is 4.60. The SMILES string of the molecule is Cln1ccc2c(N3CCNCC3)cccc21. The van der Waals surface area contributed by atoms with Crippen LogP contribution in [0.2, 0.25) is 0 Å². The maximum Gasteiger partial charge on any atom is 0.0668 e. The van der Waals surface area contributed by atoms with E-state index in [-0.39, 0.29) is 0 Å². The topological polar surface area (TPSA) is 20.2 Å². The van der Waals surface area contributed by atoms with Crippen LogP contribution in [0.4, 0.5) is 5.69 Å². The average molecular weight is 236 g/mol. The molecule has 0 radical (unpaired) electrons. The van der Waals surface area contributed by atoms with Crippen molar-refractivity contribution in [2.75, 3.05) is 31.1 Å². The second-order valence-electron chi connectivity index (χ2n) is 4.07. The van der Waals surface area contributed by atoms with Crippen LogP contribution in [-0.2, 0) is 0 Å². The average Bonchev–Trinajstić information content (AvgIpc) is 2.73. The van der Waals surface area contributed by atoms with Gasteiger partial charge in [-0.15, -0.1) is 0 Å². The van der Waals surface area contributed by atoms with E-state index in [1.807, 2.05) is 12.3 Å². The van der Waals surface area contributed by atoms with E-state index in [2.05, 4.69) is 28.4 Å². The number of halogens is 1. The Hall–Kier alpha value is -1.19. The molecule has 1 fully saturated rings. The zero-order chi connectivity index (χ0) is 11.0. The fourth-order valence-electron chi connectivity index (χ4n) is 2.30. The number of nitrogens with zero attached hydrogens (tertiary/aromatic N) is 2.